The minimum atomic E-state index is -3.81. The Morgan fingerprint density at radius 2 is 1.86 bits per heavy atom. The van der Waals surface area contributed by atoms with Crippen molar-refractivity contribution in [1.82, 2.24) is 0 Å². The van der Waals surface area contributed by atoms with E-state index < -0.39 is 15.6 Å². The molecule has 1 amide bonds. The fraction of sp³-hybridized carbons (Fsp3) is 0.500. The van der Waals surface area contributed by atoms with Crippen LogP contribution in [0.4, 0.5) is 5.69 Å². The fourth-order valence-corrected chi connectivity index (χ4v) is 3.52. The summed E-state index contributed by atoms with van der Waals surface area (Å²) in [6.45, 7) is 1.61. The summed E-state index contributed by atoms with van der Waals surface area (Å²) < 4.78 is 23.0. The van der Waals surface area contributed by atoms with Crippen LogP contribution >= 0.6 is 0 Å². The molecule has 0 spiro atoms. The molecule has 1 fully saturated rings. The van der Waals surface area contributed by atoms with Gasteiger partial charge in [0.05, 0.1) is 10.4 Å². The fourth-order valence-electron chi connectivity index (χ4n) is 2.71. The zero-order valence-electron chi connectivity index (χ0n) is 12.1. The lowest BCUT2D eigenvalue weighted by Gasteiger charge is -2.32. The van der Waals surface area contributed by atoms with Crippen molar-refractivity contribution >= 4 is 21.6 Å². The third-order valence-corrected chi connectivity index (χ3v) is 5.09. The molecule has 0 saturated heterocycles. The van der Waals surface area contributed by atoms with E-state index >= 15 is 0 Å². The molecule has 0 radical (unpaired) electrons. The van der Waals surface area contributed by atoms with Gasteiger partial charge in [-0.25, -0.2) is 13.6 Å². The van der Waals surface area contributed by atoms with Crippen LogP contribution in [0.1, 0.15) is 37.7 Å². The number of nitrogens with two attached hydrogens (primary N) is 2. The van der Waals surface area contributed by atoms with Crippen LogP contribution in [0.2, 0.25) is 0 Å². The van der Waals surface area contributed by atoms with E-state index in [0.717, 1.165) is 19.3 Å². The zero-order chi connectivity index (χ0) is 15.7. The van der Waals surface area contributed by atoms with Crippen LogP contribution in [0, 0.1) is 6.92 Å². The van der Waals surface area contributed by atoms with Gasteiger partial charge in [-0.3, -0.25) is 4.79 Å². The second-order valence-electron chi connectivity index (χ2n) is 5.64. The summed E-state index contributed by atoms with van der Waals surface area (Å²) in [6.07, 6.45) is 4.24. The second kappa shape index (κ2) is 5.75. The van der Waals surface area contributed by atoms with Gasteiger partial charge in [0, 0.05) is 5.69 Å². The van der Waals surface area contributed by atoms with Crippen molar-refractivity contribution < 1.29 is 13.2 Å². The van der Waals surface area contributed by atoms with Gasteiger partial charge in [0.15, 0.2) is 0 Å². The molecular weight excluding hydrogens is 290 g/mol. The number of carbonyl (C=O) groups is 1. The maximum atomic E-state index is 12.4. The maximum Gasteiger partial charge on any atom is 0.244 e. The molecule has 2 rings (SSSR count). The number of primary sulfonamides is 1. The van der Waals surface area contributed by atoms with Crippen LogP contribution in [0.5, 0.6) is 0 Å². The standard InChI is InChI=1S/C14H21N3O3S/c1-10-11(6-5-7-12(10)21(16,19)20)17-13(18)14(15)8-3-2-4-9-14/h5-7H,2-4,8-9,15H2,1H3,(H,17,18)(H2,16,19,20). The number of carbonyl (C=O) groups excluding carboxylic acids is 1. The van der Waals surface area contributed by atoms with Gasteiger partial charge in [-0.1, -0.05) is 25.3 Å². The molecule has 7 heteroatoms. The van der Waals surface area contributed by atoms with Crippen molar-refractivity contribution in [3.63, 3.8) is 0 Å². The SMILES string of the molecule is Cc1c(NC(=O)C2(N)CCCCC2)cccc1S(N)(=O)=O. The van der Waals surface area contributed by atoms with E-state index in [0.29, 0.717) is 24.1 Å². The highest BCUT2D eigenvalue weighted by molar-refractivity contribution is 7.89. The minimum absolute atomic E-state index is 0.00927. The van der Waals surface area contributed by atoms with Crippen LogP contribution in [-0.2, 0) is 14.8 Å². The largest absolute Gasteiger partial charge is 0.324 e. The summed E-state index contributed by atoms with van der Waals surface area (Å²) in [5.41, 5.74) is 6.15. The zero-order valence-corrected chi connectivity index (χ0v) is 12.9. The van der Waals surface area contributed by atoms with E-state index in [4.69, 9.17) is 10.9 Å². The molecule has 1 aliphatic carbocycles. The first-order chi connectivity index (χ1) is 9.74. The number of hydrogen-bond acceptors (Lipinski definition) is 4. The highest BCUT2D eigenvalue weighted by Gasteiger charge is 2.35. The molecule has 5 N–H and O–H groups in total. The maximum absolute atomic E-state index is 12.4. The lowest BCUT2D eigenvalue weighted by Crippen LogP contribution is -2.52. The molecule has 0 aromatic heterocycles. The average Bonchev–Trinajstić information content (AvgIpc) is 2.40. The Balaban J connectivity index is 2.26. The molecular formula is C14H21N3O3S. The Morgan fingerprint density at radius 3 is 2.43 bits per heavy atom. The number of anilines is 1. The molecule has 0 atom stereocenters. The van der Waals surface area contributed by atoms with Crippen LogP contribution < -0.4 is 16.2 Å². The van der Waals surface area contributed by atoms with Crippen LogP contribution in [-0.4, -0.2) is 19.9 Å². The monoisotopic (exact) mass is 311 g/mol. The van der Waals surface area contributed by atoms with E-state index in [1.165, 1.54) is 6.07 Å². The summed E-state index contributed by atoms with van der Waals surface area (Å²) >= 11 is 0. The molecule has 6 nitrogen and oxygen atoms in total. The lowest BCUT2D eigenvalue weighted by atomic mass is 9.82. The highest BCUT2D eigenvalue weighted by atomic mass is 32.2. The van der Waals surface area contributed by atoms with E-state index in [1.54, 1.807) is 19.1 Å². The lowest BCUT2D eigenvalue weighted by molar-refractivity contribution is -0.122. The van der Waals surface area contributed by atoms with Crippen molar-refractivity contribution in [2.24, 2.45) is 10.9 Å². The molecule has 116 valence electrons. The number of nitrogens with one attached hydrogen (secondary N) is 1. The van der Waals surface area contributed by atoms with Crippen molar-refractivity contribution in [3.05, 3.63) is 23.8 Å². The smallest absolute Gasteiger partial charge is 0.244 e. The molecule has 1 aromatic rings. The first-order valence-electron chi connectivity index (χ1n) is 6.97. The van der Waals surface area contributed by atoms with Gasteiger partial charge < -0.3 is 11.1 Å². The van der Waals surface area contributed by atoms with Gasteiger partial charge in [-0.05, 0) is 37.5 Å². The van der Waals surface area contributed by atoms with E-state index in [9.17, 15) is 13.2 Å². The number of hydrogen-bond donors (Lipinski definition) is 3. The number of benzene rings is 1. The Kier molecular flexibility index (Phi) is 4.36. The molecule has 1 saturated carbocycles. The second-order valence-corrected chi connectivity index (χ2v) is 7.17. The molecule has 1 aromatic carbocycles. The van der Waals surface area contributed by atoms with Crippen LogP contribution in [0.15, 0.2) is 23.1 Å². The Bertz CT molecular complexity index is 649. The molecule has 0 heterocycles. The molecule has 0 bridgehead atoms. The van der Waals surface area contributed by atoms with Crippen molar-refractivity contribution in [2.45, 2.75) is 49.5 Å². The first kappa shape index (κ1) is 15.9. The highest BCUT2D eigenvalue weighted by Crippen LogP contribution is 2.28. The van der Waals surface area contributed by atoms with Crippen molar-refractivity contribution in [2.75, 3.05) is 5.32 Å². The Morgan fingerprint density at radius 1 is 1.24 bits per heavy atom. The molecule has 0 aliphatic heterocycles. The van der Waals surface area contributed by atoms with Crippen molar-refractivity contribution in [3.8, 4) is 0 Å². The molecule has 0 unspecified atom stereocenters. The Hall–Kier alpha value is -1.44. The average molecular weight is 311 g/mol. The van der Waals surface area contributed by atoms with Gasteiger partial charge in [-0.2, -0.15) is 0 Å². The van der Waals surface area contributed by atoms with E-state index in [1.807, 2.05) is 0 Å². The quantitative estimate of drug-likeness (QED) is 0.779. The van der Waals surface area contributed by atoms with Gasteiger partial charge in [-0.15, -0.1) is 0 Å². The normalized spacial score (nSPS) is 18.2. The van der Waals surface area contributed by atoms with Gasteiger partial charge >= 0.3 is 0 Å². The van der Waals surface area contributed by atoms with E-state index in [-0.39, 0.29) is 10.8 Å². The van der Waals surface area contributed by atoms with Gasteiger partial charge in [0.25, 0.3) is 0 Å². The van der Waals surface area contributed by atoms with Crippen LogP contribution in [0.25, 0.3) is 0 Å². The number of amides is 1. The van der Waals surface area contributed by atoms with Crippen LogP contribution in [0.3, 0.4) is 0 Å². The topological polar surface area (TPSA) is 115 Å². The van der Waals surface area contributed by atoms with Gasteiger partial charge in [0.1, 0.15) is 0 Å². The predicted molar refractivity (Wildman–Crippen MR) is 81.2 cm³/mol. The third-order valence-electron chi connectivity index (χ3n) is 4.04. The first-order valence-corrected chi connectivity index (χ1v) is 8.51. The summed E-state index contributed by atoms with van der Waals surface area (Å²) in [4.78, 5) is 12.4. The predicted octanol–water partition coefficient (Wildman–Crippen LogP) is 1.24. The summed E-state index contributed by atoms with van der Waals surface area (Å²) in [6, 6.07) is 4.61. The number of rotatable bonds is 3. The summed E-state index contributed by atoms with van der Waals surface area (Å²) in [5, 5.41) is 7.91. The summed E-state index contributed by atoms with van der Waals surface area (Å²) in [5.74, 6) is -0.267. The van der Waals surface area contributed by atoms with Gasteiger partial charge in [0.2, 0.25) is 15.9 Å². The molecule has 1 aliphatic rings. The number of sulfonamides is 1. The Labute approximate surface area is 124 Å². The van der Waals surface area contributed by atoms with Crippen molar-refractivity contribution in [1.29, 1.82) is 0 Å². The molecule has 21 heavy (non-hydrogen) atoms. The van der Waals surface area contributed by atoms with E-state index in [2.05, 4.69) is 5.32 Å². The minimum Gasteiger partial charge on any atom is -0.324 e. The summed E-state index contributed by atoms with van der Waals surface area (Å²) in [7, 11) is -3.81. The third kappa shape index (κ3) is 3.42.